The molecule has 4 atom stereocenters. The predicted octanol–water partition coefficient (Wildman–Crippen LogP) is 8.49. The van der Waals surface area contributed by atoms with Crippen molar-refractivity contribution in [3.63, 3.8) is 0 Å². The molecule has 0 heteroatoms. The third-order valence-electron chi connectivity index (χ3n) is 7.64. The van der Waals surface area contributed by atoms with Crippen LogP contribution in [0.5, 0.6) is 0 Å². The zero-order valence-corrected chi connectivity index (χ0v) is 18.9. The first-order valence-electron chi connectivity index (χ1n) is 11.7. The van der Waals surface area contributed by atoms with E-state index in [9.17, 15) is 0 Å². The lowest BCUT2D eigenvalue weighted by atomic mass is 9.66. The molecule has 0 N–H and O–H groups in total. The fraction of sp³-hybridized carbons (Fsp3) is 0.400. The number of hydrogen-bond donors (Lipinski definition) is 0. The van der Waals surface area contributed by atoms with Gasteiger partial charge in [0.25, 0.3) is 0 Å². The van der Waals surface area contributed by atoms with Crippen LogP contribution in [0.3, 0.4) is 0 Å². The van der Waals surface area contributed by atoms with Crippen molar-refractivity contribution in [1.29, 1.82) is 0 Å². The van der Waals surface area contributed by atoms with Crippen molar-refractivity contribution in [1.82, 2.24) is 0 Å². The second kappa shape index (κ2) is 8.80. The van der Waals surface area contributed by atoms with E-state index in [0.717, 1.165) is 31.1 Å². The quantitative estimate of drug-likeness (QED) is 0.405. The average Bonchev–Trinajstić information content (AvgIpc) is 2.75. The van der Waals surface area contributed by atoms with Crippen LogP contribution in [0, 0.1) is 17.3 Å². The molecule has 30 heavy (non-hydrogen) atoms. The largest absolute Gasteiger partial charge is 0.0991 e. The van der Waals surface area contributed by atoms with Crippen molar-refractivity contribution >= 4 is 0 Å². The number of fused-ring (bicyclic) bond motifs is 1. The molecule has 156 valence electrons. The summed E-state index contributed by atoms with van der Waals surface area (Å²) in [6.07, 6.45) is 22.6. The Morgan fingerprint density at radius 1 is 1.10 bits per heavy atom. The summed E-state index contributed by atoms with van der Waals surface area (Å²) in [6.45, 7) is 10.9. The summed E-state index contributed by atoms with van der Waals surface area (Å²) >= 11 is 0. The van der Waals surface area contributed by atoms with Gasteiger partial charge in [-0.25, -0.2) is 0 Å². The average molecular weight is 397 g/mol. The fourth-order valence-corrected chi connectivity index (χ4v) is 5.37. The zero-order valence-electron chi connectivity index (χ0n) is 18.9. The van der Waals surface area contributed by atoms with Crippen LogP contribution in [0.25, 0.3) is 0 Å². The lowest BCUT2D eigenvalue weighted by Gasteiger charge is -2.38. The van der Waals surface area contributed by atoms with Crippen LogP contribution < -0.4 is 0 Å². The Morgan fingerprint density at radius 3 is 2.50 bits per heavy atom. The number of rotatable bonds is 7. The molecular formula is C30H36. The highest BCUT2D eigenvalue weighted by molar-refractivity contribution is 5.54. The molecule has 1 fully saturated rings. The zero-order chi connectivity index (χ0) is 21.1. The monoisotopic (exact) mass is 396 g/mol. The predicted molar refractivity (Wildman–Crippen MR) is 130 cm³/mol. The highest BCUT2D eigenvalue weighted by atomic mass is 14.4. The van der Waals surface area contributed by atoms with E-state index in [4.69, 9.17) is 0 Å². The summed E-state index contributed by atoms with van der Waals surface area (Å²) in [7, 11) is 0. The molecule has 0 heterocycles. The minimum Gasteiger partial charge on any atom is -0.0991 e. The van der Waals surface area contributed by atoms with E-state index >= 15 is 0 Å². The van der Waals surface area contributed by atoms with E-state index in [0.29, 0.717) is 5.92 Å². The van der Waals surface area contributed by atoms with Crippen LogP contribution in [-0.2, 0) is 0 Å². The summed E-state index contributed by atoms with van der Waals surface area (Å²) < 4.78 is 0. The second-order valence-electron chi connectivity index (χ2n) is 9.74. The third kappa shape index (κ3) is 4.24. The highest BCUT2D eigenvalue weighted by Gasteiger charge is 2.33. The lowest BCUT2D eigenvalue weighted by molar-refractivity contribution is 0.282. The smallest absolute Gasteiger partial charge is 0.00646 e. The van der Waals surface area contributed by atoms with Crippen molar-refractivity contribution in [2.24, 2.45) is 17.3 Å². The van der Waals surface area contributed by atoms with Crippen LogP contribution in [0.15, 0.2) is 102 Å². The van der Waals surface area contributed by atoms with Crippen molar-refractivity contribution in [3.8, 4) is 0 Å². The van der Waals surface area contributed by atoms with Gasteiger partial charge in [0.05, 0.1) is 0 Å². The summed E-state index contributed by atoms with van der Waals surface area (Å²) in [5.74, 6) is 2.00. The molecule has 0 aliphatic heterocycles. The molecule has 0 bridgehead atoms. The highest BCUT2D eigenvalue weighted by Crippen LogP contribution is 2.47. The molecule has 3 aliphatic rings. The van der Waals surface area contributed by atoms with Crippen molar-refractivity contribution < 1.29 is 0 Å². The Hall–Kier alpha value is -2.34. The van der Waals surface area contributed by atoms with Gasteiger partial charge in [-0.1, -0.05) is 104 Å². The molecule has 1 saturated carbocycles. The summed E-state index contributed by atoms with van der Waals surface area (Å²) in [5.41, 5.74) is 7.48. The maximum Gasteiger partial charge on any atom is 0.00646 e. The molecule has 0 spiro atoms. The van der Waals surface area contributed by atoms with E-state index < -0.39 is 0 Å². The van der Waals surface area contributed by atoms with E-state index in [2.05, 4.69) is 94.1 Å². The Labute approximate surface area is 183 Å². The molecule has 0 radical (unpaired) electrons. The normalized spacial score (nSPS) is 27.8. The fourth-order valence-electron chi connectivity index (χ4n) is 5.37. The Morgan fingerprint density at radius 2 is 1.87 bits per heavy atom. The number of benzene rings is 1. The van der Waals surface area contributed by atoms with Crippen LogP contribution in [0.2, 0.25) is 0 Å². The SMILES string of the molecule is C=CC=C(C)CC(C)(CC)C1=CC(C2=CC3CCC3C=C2)=CC(c2ccccc2)C1. The topological polar surface area (TPSA) is 0 Å². The summed E-state index contributed by atoms with van der Waals surface area (Å²) in [6, 6.07) is 11.1. The van der Waals surface area contributed by atoms with Crippen LogP contribution in [0.1, 0.15) is 64.4 Å². The van der Waals surface area contributed by atoms with Gasteiger partial charge in [-0.3, -0.25) is 0 Å². The molecule has 0 amide bonds. The van der Waals surface area contributed by atoms with Gasteiger partial charge >= 0.3 is 0 Å². The first kappa shape index (κ1) is 20.9. The molecule has 3 aliphatic carbocycles. The Balaban J connectivity index is 1.72. The van der Waals surface area contributed by atoms with Gasteiger partial charge in [0, 0.05) is 5.92 Å². The van der Waals surface area contributed by atoms with Gasteiger partial charge in [-0.05, 0) is 73.0 Å². The van der Waals surface area contributed by atoms with Gasteiger partial charge in [0.2, 0.25) is 0 Å². The van der Waals surface area contributed by atoms with Gasteiger partial charge in [-0.2, -0.15) is 0 Å². The Bertz CT molecular complexity index is 934. The lowest BCUT2D eigenvalue weighted by Crippen LogP contribution is -2.25. The standard InChI is InChI=1S/C30H36/c1-5-10-22(3)21-30(4,6-2)29-19-27(23-11-8-7-9-12-23)18-28(20-29)26-16-14-24-13-15-25(24)17-26/h5,7-12,14,16-18,20,24-25,27H,1,6,13,15,19,21H2,2-4H3. The molecule has 0 aromatic heterocycles. The van der Waals surface area contributed by atoms with Crippen molar-refractivity contribution in [2.45, 2.75) is 58.8 Å². The first-order chi connectivity index (χ1) is 14.5. The summed E-state index contributed by atoms with van der Waals surface area (Å²) in [4.78, 5) is 0. The minimum atomic E-state index is 0.175. The third-order valence-corrected chi connectivity index (χ3v) is 7.64. The molecule has 1 aromatic carbocycles. The molecule has 0 nitrogen and oxygen atoms in total. The first-order valence-corrected chi connectivity index (χ1v) is 11.7. The van der Waals surface area contributed by atoms with E-state index in [-0.39, 0.29) is 5.41 Å². The van der Waals surface area contributed by atoms with E-state index in [1.54, 1.807) is 5.57 Å². The molecule has 1 aromatic rings. The van der Waals surface area contributed by atoms with Crippen molar-refractivity contribution in [3.05, 3.63) is 107 Å². The number of allylic oxidation sites excluding steroid dienone is 11. The van der Waals surface area contributed by atoms with Crippen LogP contribution >= 0.6 is 0 Å². The van der Waals surface area contributed by atoms with Crippen molar-refractivity contribution in [2.75, 3.05) is 0 Å². The molecule has 4 rings (SSSR count). The van der Waals surface area contributed by atoms with Gasteiger partial charge in [0.1, 0.15) is 0 Å². The molecule has 0 saturated heterocycles. The minimum absolute atomic E-state index is 0.175. The van der Waals surface area contributed by atoms with E-state index in [1.165, 1.54) is 35.1 Å². The maximum absolute atomic E-state index is 3.90. The van der Waals surface area contributed by atoms with Crippen LogP contribution in [0.4, 0.5) is 0 Å². The molecule has 4 unspecified atom stereocenters. The Kier molecular flexibility index (Phi) is 6.14. The number of hydrogen-bond acceptors (Lipinski definition) is 0. The van der Waals surface area contributed by atoms with Gasteiger partial charge < -0.3 is 0 Å². The van der Waals surface area contributed by atoms with Gasteiger partial charge in [0.15, 0.2) is 0 Å². The van der Waals surface area contributed by atoms with Gasteiger partial charge in [-0.15, -0.1) is 0 Å². The molecular weight excluding hydrogens is 360 g/mol. The summed E-state index contributed by atoms with van der Waals surface area (Å²) in [5, 5.41) is 0. The maximum atomic E-state index is 3.90. The second-order valence-corrected chi connectivity index (χ2v) is 9.74. The van der Waals surface area contributed by atoms with E-state index in [1.807, 2.05) is 6.08 Å². The van der Waals surface area contributed by atoms with Crippen LogP contribution in [-0.4, -0.2) is 0 Å².